The van der Waals surface area contributed by atoms with Crippen LogP contribution < -0.4 is 10.1 Å². The van der Waals surface area contributed by atoms with Gasteiger partial charge in [-0.05, 0) is 46.2 Å². The van der Waals surface area contributed by atoms with E-state index >= 15 is 8.78 Å². The van der Waals surface area contributed by atoms with E-state index in [-0.39, 0.29) is 54.1 Å². The van der Waals surface area contributed by atoms with Crippen LogP contribution in [0.3, 0.4) is 0 Å². The zero-order valence-corrected chi connectivity index (χ0v) is 26.7. The molecule has 2 unspecified atom stereocenters. The maximum atomic E-state index is 15.1. The van der Waals surface area contributed by atoms with Crippen LogP contribution in [0.5, 0.6) is 5.75 Å². The van der Waals surface area contributed by atoms with Crippen LogP contribution in [0.4, 0.5) is 20.4 Å². The summed E-state index contributed by atoms with van der Waals surface area (Å²) in [6, 6.07) is 2.41. The van der Waals surface area contributed by atoms with Crippen LogP contribution in [-0.2, 0) is 30.0 Å². The van der Waals surface area contributed by atoms with Crippen LogP contribution in [0, 0.1) is 11.6 Å². The molecule has 4 rings (SSSR count). The first-order valence-electron chi connectivity index (χ1n) is 13.6. The van der Waals surface area contributed by atoms with Crippen molar-refractivity contribution >= 4 is 38.4 Å². The molecular weight excluding hydrogens is 622 g/mol. The molecule has 44 heavy (non-hydrogen) atoms. The third-order valence-electron chi connectivity index (χ3n) is 6.03. The molecule has 0 radical (unpaired) electrons. The average Bonchev–Trinajstić information content (AvgIpc) is 3.60. The second kappa shape index (κ2) is 14.0. The first kappa shape index (κ1) is 33.3. The Morgan fingerprint density at radius 2 is 1.93 bits per heavy atom. The molecular formula is C26H34F2N8O6S2. The fourth-order valence-corrected chi connectivity index (χ4v) is 5.53. The Labute approximate surface area is 256 Å². The minimum absolute atomic E-state index is 0.0617. The van der Waals surface area contributed by atoms with Gasteiger partial charge in [-0.25, -0.2) is 27.0 Å². The Hall–Kier alpha value is -3.58. The highest BCUT2D eigenvalue weighted by Crippen LogP contribution is 2.33. The summed E-state index contributed by atoms with van der Waals surface area (Å²) in [6.07, 6.45) is 5.38. The number of nitrogens with one attached hydrogen (secondary N) is 1. The molecule has 18 heteroatoms. The second-order valence-corrected chi connectivity index (χ2v) is 13.1. The van der Waals surface area contributed by atoms with E-state index in [9.17, 15) is 12.6 Å². The fourth-order valence-electron chi connectivity index (χ4n) is 4.05. The minimum atomic E-state index is -3.61. The maximum absolute atomic E-state index is 15.1. The smallest absolute Gasteiger partial charge is 0.264 e. The van der Waals surface area contributed by atoms with Crippen molar-refractivity contribution in [3.05, 3.63) is 42.5 Å². The molecule has 0 aliphatic rings. The first-order chi connectivity index (χ1) is 20.8. The fraction of sp³-hybridized carbons (Fsp3) is 0.462. The van der Waals surface area contributed by atoms with Gasteiger partial charge in [-0.2, -0.15) is 23.0 Å². The number of nitrogens with zero attached hydrogens (tertiary/aromatic N) is 7. The quantitative estimate of drug-likeness (QED) is 0.147. The number of rotatable bonds is 15. The van der Waals surface area contributed by atoms with Crippen LogP contribution in [0.15, 0.2) is 35.7 Å². The van der Waals surface area contributed by atoms with Gasteiger partial charge in [-0.3, -0.25) is 4.18 Å². The summed E-state index contributed by atoms with van der Waals surface area (Å²) in [5.41, 5.74) is 1.10. The molecule has 0 bridgehead atoms. The maximum Gasteiger partial charge on any atom is 0.264 e. The second-order valence-electron chi connectivity index (χ2n) is 9.90. The first-order valence-corrected chi connectivity index (χ1v) is 16.5. The molecule has 240 valence electrons. The zero-order valence-electron chi connectivity index (χ0n) is 25.0. The molecule has 0 fully saturated rings. The monoisotopic (exact) mass is 656 g/mol. The third-order valence-corrected chi connectivity index (χ3v) is 8.07. The van der Waals surface area contributed by atoms with Gasteiger partial charge < -0.3 is 14.8 Å². The van der Waals surface area contributed by atoms with Gasteiger partial charge in [0.1, 0.15) is 29.2 Å². The third kappa shape index (κ3) is 7.92. The molecule has 0 saturated carbocycles. The minimum Gasteiger partial charge on any atom is -0.485 e. The van der Waals surface area contributed by atoms with Crippen molar-refractivity contribution in [1.82, 2.24) is 33.7 Å². The van der Waals surface area contributed by atoms with Gasteiger partial charge in [0.15, 0.2) is 17.4 Å². The summed E-state index contributed by atoms with van der Waals surface area (Å²) >= 11 is 0. The molecule has 3 heterocycles. The molecule has 14 nitrogen and oxygen atoms in total. The summed E-state index contributed by atoms with van der Waals surface area (Å²) in [5.74, 6) is -2.35. The Morgan fingerprint density at radius 3 is 2.61 bits per heavy atom. The number of benzene rings is 1. The number of aromatic nitrogens is 6. The van der Waals surface area contributed by atoms with E-state index in [1.54, 1.807) is 17.1 Å². The molecule has 0 aliphatic carbocycles. The molecule has 1 aromatic carbocycles. The SMILES string of the molecule is CCOC(C)n1cc(-c2ncn3nc(Nc4ccc(S(=O)N(C)CCCOS(C)(=O)=O)c(F)c4F)nc3c2OC(C)C)cn1. The van der Waals surface area contributed by atoms with E-state index in [0.29, 0.717) is 23.6 Å². The highest BCUT2D eigenvalue weighted by molar-refractivity contribution is 7.86. The van der Waals surface area contributed by atoms with E-state index in [2.05, 4.69) is 29.7 Å². The van der Waals surface area contributed by atoms with E-state index in [1.165, 1.54) is 34.3 Å². The van der Waals surface area contributed by atoms with Gasteiger partial charge in [0.2, 0.25) is 11.6 Å². The van der Waals surface area contributed by atoms with Gasteiger partial charge in [-0.15, -0.1) is 5.10 Å². The van der Waals surface area contributed by atoms with Gasteiger partial charge in [0.05, 0.1) is 35.7 Å². The normalized spacial score (nSPS) is 13.6. The summed E-state index contributed by atoms with van der Waals surface area (Å²) in [6.45, 7) is 7.93. The van der Waals surface area contributed by atoms with E-state index in [0.717, 1.165) is 6.26 Å². The van der Waals surface area contributed by atoms with Crippen LogP contribution in [0.2, 0.25) is 0 Å². The molecule has 0 spiro atoms. The lowest BCUT2D eigenvalue weighted by atomic mass is 10.2. The van der Waals surface area contributed by atoms with Gasteiger partial charge >= 0.3 is 0 Å². The van der Waals surface area contributed by atoms with Gasteiger partial charge in [0, 0.05) is 32.0 Å². The number of hydrogen-bond donors (Lipinski definition) is 1. The lowest BCUT2D eigenvalue weighted by Gasteiger charge is -2.16. The molecule has 4 aromatic rings. The topological polar surface area (TPSA) is 155 Å². The molecule has 2 atom stereocenters. The van der Waals surface area contributed by atoms with Crippen molar-refractivity contribution in [2.24, 2.45) is 0 Å². The van der Waals surface area contributed by atoms with Crippen molar-refractivity contribution < 1.29 is 35.1 Å². The largest absolute Gasteiger partial charge is 0.485 e. The lowest BCUT2D eigenvalue weighted by Crippen LogP contribution is -2.24. The number of fused-ring (bicyclic) bond motifs is 1. The van der Waals surface area contributed by atoms with Gasteiger partial charge in [-0.1, -0.05) is 0 Å². The summed E-state index contributed by atoms with van der Waals surface area (Å²) in [5, 5.41) is 11.3. The van der Waals surface area contributed by atoms with Crippen LogP contribution in [0.1, 0.15) is 40.3 Å². The van der Waals surface area contributed by atoms with Crippen molar-refractivity contribution in [3.63, 3.8) is 0 Å². The Balaban J connectivity index is 1.57. The summed E-state index contributed by atoms with van der Waals surface area (Å²) in [7, 11) is -4.24. The van der Waals surface area contributed by atoms with Crippen molar-refractivity contribution in [2.75, 3.05) is 38.4 Å². The highest BCUT2D eigenvalue weighted by atomic mass is 32.2. The van der Waals surface area contributed by atoms with Crippen molar-refractivity contribution in [2.45, 2.75) is 51.3 Å². The zero-order chi connectivity index (χ0) is 32.2. The molecule has 3 aromatic heterocycles. The van der Waals surface area contributed by atoms with Crippen LogP contribution in [0.25, 0.3) is 16.9 Å². The van der Waals surface area contributed by atoms with Crippen molar-refractivity contribution in [1.29, 1.82) is 0 Å². The molecule has 0 saturated heterocycles. The Kier molecular flexibility index (Phi) is 10.6. The number of halogens is 2. The summed E-state index contributed by atoms with van der Waals surface area (Å²) < 4.78 is 85.7. The molecule has 0 amide bonds. The Morgan fingerprint density at radius 1 is 1.18 bits per heavy atom. The Bertz CT molecular complexity index is 1750. The number of anilines is 2. The number of hydrogen-bond acceptors (Lipinski definition) is 11. The summed E-state index contributed by atoms with van der Waals surface area (Å²) in [4.78, 5) is 8.55. The van der Waals surface area contributed by atoms with Crippen molar-refractivity contribution in [3.8, 4) is 17.0 Å². The molecule has 1 N–H and O–H groups in total. The highest BCUT2D eigenvalue weighted by Gasteiger charge is 2.23. The van der Waals surface area contributed by atoms with E-state index in [4.69, 9.17) is 9.47 Å². The number of ether oxygens (including phenoxy) is 2. The standard InChI is InChI=1S/C26H34F2N8O6S2/c1-7-40-17(4)35-14-18(13-30-35)23-24(42-16(2)3)25-32-26(33-36(25)15-29-23)31-19-9-10-20(22(28)21(19)27)43(37)34(5)11-8-12-41-44(6,38)39/h9-10,13-17H,7-8,11-12H2,1-6H3,(H,31,33). The van der Waals surface area contributed by atoms with Gasteiger partial charge in [0.25, 0.3) is 10.1 Å². The molecule has 0 aliphatic heterocycles. The van der Waals surface area contributed by atoms with E-state index in [1.807, 2.05) is 27.7 Å². The van der Waals surface area contributed by atoms with Crippen LogP contribution in [-0.4, -0.2) is 85.5 Å². The average molecular weight is 657 g/mol. The predicted molar refractivity (Wildman–Crippen MR) is 158 cm³/mol. The van der Waals surface area contributed by atoms with Crippen LogP contribution >= 0.6 is 0 Å². The lowest BCUT2D eigenvalue weighted by molar-refractivity contribution is 0.0160. The predicted octanol–water partition coefficient (Wildman–Crippen LogP) is 3.67. The van der Waals surface area contributed by atoms with E-state index < -0.39 is 32.7 Å².